The molecule has 2 aliphatic rings. The zero-order chi connectivity index (χ0) is 25.9. The SMILES string of the molecule is CC=CCCC1CCC(C2CCC(c3ccc(-c4cc(F)c(C(F)(F)Cl)c(F)c4)c(F)c3)CC2)CC1. The molecule has 0 N–H and O–H groups in total. The minimum Gasteiger partial charge on any atom is -0.206 e. The monoisotopic (exact) mass is 524 g/mol. The molecule has 0 atom stereocenters. The van der Waals surface area contributed by atoms with Gasteiger partial charge in [-0.15, -0.1) is 0 Å². The molecule has 0 bridgehead atoms. The molecular weight excluding hydrogens is 491 g/mol. The summed E-state index contributed by atoms with van der Waals surface area (Å²) >= 11 is 4.81. The van der Waals surface area contributed by atoms with E-state index < -0.39 is 28.4 Å². The van der Waals surface area contributed by atoms with Gasteiger partial charge in [0.15, 0.2) is 0 Å². The number of hydrogen-bond acceptors (Lipinski definition) is 0. The van der Waals surface area contributed by atoms with Crippen molar-refractivity contribution in [1.82, 2.24) is 0 Å². The molecule has 0 nitrogen and oxygen atoms in total. The lowest BCUT2D eigenvalue weighted by Gasteiger charge is -2.38. The number of alkyl halides is 3. The van der Waals surface area contributed by atoms with Gasteiger partial charge >= 0.3 is 5.38 Å². The normalized spacial score (nSPS) is 25.4. The molecule has 0 amide bonds. The van der Waals surface area contributed by atoms with E-state index in [0.29, 0.717) is 12.1 Å². The fourth-order valence-electron chi connectivity index (χ4n) is 6.39. The van der Waals surface area contributed by atoms with E-state index in [1.807, 2.05) is 0 Å². The van der Waals surface area contributed by atoms with E-state index in [4.69, 9.17) is 11.6 Å². The number of halogens is 6. The lowest BCUT2D eigenvalue weighted by Crippen LogP contribution is -2.25. The Labute approximate surface area is 215 Å². The maximum Gasteiger partial charge on any atom is 0.353 e. The van der Waals surface area contributed by atoms with Gasteiger partial charge in [-0.05, 0) is 123 Å². The Hall–Kier alpha value is -1.88. The molecule has 0 radical (unpaired) electrons. The van der Waals surface area contributed by atoms with Gasteiger partial charge in [-0.2, -0.15) is 8.78 Å². The third-order valence-corrected chi connectivity index (χ3v) is 8.60. The Balaban J connectivity index is 1.36. The summed E-state index contributed by atoms with van der Waals surface area (Å²) in [5.41, 5.74) is -0.805. The first-order valence-electron chi connectivity index (χ1n) is 13.1. The summed E-state index contributed by atoms with van der Waals surface area (Å²) < 4.78 is 69.8. The summed E-state index contributed by atoms with van der Waals surface area (Å²) in [6, 6.07) is 6.11. The molecule has 6 heteroatoms. The van der Waals surface area contributed by atoms with Crippen LogP contribution in [0.1, 0.15) is 88.2 Å². The highest BCUT2D eigenvalue weighted by Gasteiger charge is 2.36. The van der Waals surface area contributed by atoms with Crippen LogP contribution in [0.5, 0.6) is 0 Å². The van der Waals surface area contributed by atoms with Crippen LogP contribution in [-0.2, 0) is 5.38 Å². The summed E-state index contributed by atoms with van der Waals surface area (Å²) in [6.07, 6.45) is 16.5. The summed E-state index contributed by atoms with van der Waals surface area (Å²) in [5, 5.41) is -4.18. The maximum absolute atomic E-state index is 15.0. The molecule has 2 aromatic rings. The molecular formula is C30H34ClF5. The lowest BCUT2D eigenvalue weighted by molar-refractivity contribution is 0.0859. The molecule has 0 spiro atoms. The minimum absolute atomic E-state index is 0.0270. The zero-order valence-corrected chi connectivity index (χ0v) is 21.4. The summed E-state index contributed by atoms with van der Waals surface area (Å²) in [6.45, 7) is 2.07. The first-order valence-corrected chi connectivity index (χ1v) is 13.5. The second-order valence-electron chi connectivity index (χ2n) is 10.6. The highest BCUT2D eigenvalue weighted by molar-refractivity contribution is 6.21. The number of benzene rings is 2. The van der Waals surface area contributed by atoms with Crippen LogP contribution < -0.4 is 0 Å². The first-order chi connectivity index (χ1) is 17.2. The largest absolute Gasteiger partial charge is 0.353 e. The molecule has 0 saturated heterocycles. The molecule has 0 unspecified atom stereocenters. The van der Waals surface area contributed by atoms with Crippen molar-refractivity contribution in [2.45, 2.75) is 82.4 Å². The van der Waals surface area contributed by atoms with E-state index >= 15 is 0 Å². The topological polar surface area (TPSA) is 0 Å². The van der Waals surface area contributed by atoms with E-state index in [9.17, 15) is 22.0 Å². The Morgan fingerprint density at radius 3 is 1.94 bits per heavy atom. The molecule has 4 rings (SSSR count). The van der Waals surface area contributed by atoms with Crippen LogP contribution in [0.2, 0.25) is 0 Å². The van der Waals surface area contributed by atoms with Crippen molar-refractivity contribution in [2.24, 2.45) is 17.8 Å². The van der Waals surface area contributed by atoms with Crippen LogP contribution in [0.4, 0.5) is 22.0 Å². The summed E-state index contributed by atoms with van der Waals surface area (Å²) in [7, 11) is 0. The van der Waals surface area contributed by atoms with Crippen molar-refractivity contribution >= 4 is 11.6 Å². The van der Waals surface area contributed by atoms with Crippen molar-refractivity contribution < 1.29 is 22.0 Å². The van der Waals surface area contributed by atoms with Crippen LogP contribution in [0.3, 0.4) is 0 Å². The molecule has 2 fully saturated rings. The highest BCUT2D eigenvalue weighted by atomic mass is 35.5. The average molecular weight is 525 g/mol. The molecule has 0 aliphatic heterocycles. The van der Waals surface area contributed by atoms with Gasteiger partial charge in [0.1, 0.15) is 23.0 Å². The maximum atomic E-state index is 15.0. The summed E-state index contributed by atoms with van der Waals surface area (Å²) in [4.78, 5) is 0. The van der Waals surface area contributed by atoms with Gasteiger partial charge in [0.2, 0.25) is 0 Å². The molecule has 0 heterocycles. The Kier molecular flexibility index (Phi) is 8.80. The zero-order valence-electron chi connectivity index (χ0n) is 20.7. The van der Waals surface area contributed by atoms with Gasteiger partial charge in [-0.1, -0.05) is 37.1 Å². The van der Waals surface area contributed by atoms with Gasteiger partial charge in [0.05, 0.1) is 0 Å². The number of rotatable bonds is 7. The van der Waals surface area contributed by atoms with Gasteiger partial charge in [0.25, 0.3) is 0 Å². The van der Waals surface area contributed by atoms with Gasteiger partial charge in [-0.25, -0.2) is 13.2 Å². The quantitative estimate of drug-likeness (QED) is 0.192. The van der Waals surface area contributed by atoms with E-state index in [-0.39, 0.29) is 17.0 Å². The Bertz CT molecular complexity index is 1030. The van der Waals surface area contributed by atoms with Crippen LogP contribution in [-0.4, -0.2) is 0 Å². The molecule has 2 aromatic carbocycles. The van der Waals surface area contributed by atoms with Crippen molar-refractivity contribution in [3.8, 4) is 11.1 Å². The smallest absolute Gasteiger partial charge is 0.206 e. The molecule has 0 aromatic heterocycles. The third kappa shape index (κ3) is 6.33. The van der Waals surface area contributed by atoms with Crippen molar-refractivity contribution in [2.75, 3.05) is 0 Å². The van der Waals surface area contributed by atoms with Crippen LogP contribution >= 0.6 is 11.6 Å². The molecule has 2 aliphatic carbocycles. The van der Waals surface area contributed by atoms with E-state index in [0.717, 1.165) is 49.0 Å². The third-order valence-electron chi connectivity index (χ3n) is 8.41. The van der Waals surface area contributed by atoms with Gasteiger partial charge in [-0.3, -0.25) is 0 Å². The van der Waals surface area contributed by atoms with E-state index in [1.54, 1.807) is 6.07 Å². The van der Waals surface area contributed by atoms with Crippen LogP contribution in [0.25, 0.3) is 11.1 Å². The lowest BCUT2D eigenvalue weighted by atomic mass is 9.68. The first kappa shape index (κ1) is 27.2. The van der Waals surface area contributed by atoms with Crippen LogP contribution in [0, 0.1) is 35.2 Å². The fraction of sp³-hybridized carbons (Fsp3) is 0.533. The molecule has 2 saturated carbocycles. The van der Waals surface area contributed by atoms with E-state index in [2.05, 4.69) is 19.1 Å². The molecule has 196 valence electrons. The Morgan fingerprint density at radius 1 is 0.833 bits per heavy atom. The van der Waals surface area contributed by atoms with Crippen molar-refractivity contribution in [3.63, 3.8) is 0 Å². The van der Waals surface area contributed by atoms with Crippen molar-refractivity contribution in [3.05, 3.63) is 71.1 Å². The minimum atomic E-state index is -4.18. The number of hydrogen-bond donors (Lipinski definition) is 0. The van der Waals surface area contributed by atoms with E-state index in [1.165, 1.54) is 50.7 Å². The standard InChI is InChI=1S/C30H34ClF5/c1-2-3-4-5-19-6-8-20(9-7-19)21-10-12-22(13-11-21)23-14-15-25(26(32)16-23)24-17-27(33)29(28(34)18-24)30(31,35)36/h2-3,14-22H,4-13H2,1H3. The Morgan fingerprint density at radius 2 is 1.42 bits per heavy atom. The van der Waals surface area contributed by atoms with Gasteiger partial charge in [0, 0.05) is 5.56 Å². The van der Waals surface area contributed by atoms with Crippen molar-refractivity contribution in [1.29, 1.82) is 0 Å². The second kappa shape index (κ2) is 11.7. The molecule has 36 heavy (non-hydrogen) atoms. The predicted molar refractivity (Wildman–Crippen MR) is 136 cm³/mol. The van der Waals surface area contributed by atoms with Crippen LogP contribution in [0.15, 0.2) is 42.5 Å². The average Bonchev–Trinajstić information content (AvgIpc) is 2.83. The summed E-state index contributed by atoms with van der Waals surface area (Å²) in [5.74, 6) is -0.956. The highest BCUT2D eigenvalue weighted by Crippen LogP contribution is 2.45. The number of allylic oxidation sites excluding steroid dienone is 2. The second-order valence-corrected chi connectivity index (χ2v) is 11.1. The predicted octanol–water partition coefficient (Wildman–Crippen LogP) is 10.5. The van der Waals surface area contributed by atoms with Gasteiger partial charge < -0.3 is 0 Å². The fourth-order valence-corrected chi connectivity index (χ4v) is 6.57.